The van der Waals surface area contributed by atoms with Gasteiger partial charge in [0.2, 0.25) is 11.8 Å². The molecule has 210 valence electrons. The first-order valence-corrected chi connectivity index (χ1v) is 15.3. The van der Waals surface area contributed by atoms with Gasteiger partial charge in [0.05, 0.1) is 10.9 Å². The van der Waals surface area contributed by atoms with Crippen LogP contribution >= 0.6 is 0 Å². The topological polar surface area (TPSA) is 105 Å². The molecule has 1 aromatic heterocycles. The molecule has 4 aliphatic carbocycles. The number of hydrogen-bond acceptors (Lipinski definition) is 6. The average Bonchev–Trinajstić information content (AvgIpc) is 2.88. The lowest BCUT2D eigenvalue weighted by Gasteiger charge is -2.57. The summed E-state index contributed by atoms with van der Waals surface area (Å²) < 4.78 is 1.45. The van der Waals surface area contributed by atoms with Crippen LogP contribution in [0, 0.1) is 24.7 Å². The molecule has 2 aromatic rings. The maximum absolute atomic E-state index is 13.5. The summed E-state index contributed by atoms with van der Waals surface area (Å²) in [6, 6.07) is 4.94. The van der Waals surface area contributed by atoms with Crippen LogP contribution in [0.4, 0.5) is 5.69 Å². The number of piperidine rings is 1. The van der Waals surface area contributed by atoms with Gasteiger partial charge in [0.25, 0.3) is 5.56 Å². The van der Waals surface area contributed by atoms with Crippen LogP contribution in [0.2, 0.25) is 0 Å². The van der Waals surface area contributed by atoms with Crippen LogP contribution in [0.5, 0.6) is 0 Å². The summed E-state index contributed by atoms with van der Waals surface area (Å²) in [5.41, 5.74) is 1.62. The van der Waals surface area contributed by atoms with Crippen molar-refractivity contribution in [3.8, 4) is 0 Å². The first-order valence-electron chi connectivity index (χ1n) is 15.3. The molecule has 1 atom stereocenters. The zero-order chi connectivity index (χ0) is 27.0. The largest absolute Gasteiger partial charge is 0.384 e. The van der Waals surface area contributed by atoms with Gasteiger partial charge in [-0.05, 0) is 101 Å². The third kappa shape index (κ3) is 5.49. The number of amides is 2. The van der Waals surface area contributed by atoms with Crippen molar-refractivity contribution in [2.75, 3.05) is 18.4 Å². The lowest BCUT2D eigenvalue weighted by atomic mass is 9.53. The Kier molecular flexibility index (Phi) is 7.49. The van der Waals surface area contributed by atoms with Crippen LogP contribution in [0.15, 0.2) is 23.0 Å². The molecule has 39 heavy (non-hydrogen) atoms. The number of nitrogens with zero attached hydrogens (tertiary/aromatic N) is 2. The van der Waals surface area contributed by atoms with Crippen molar-refractivity contribution >= 4 is 28.4 Å². The van der Waals surface area contributed by atoms with E-state index in [1.807, 2.05) is 18.2 Å². The van der Waals surface area contributed by atoms with Gasteiger partial charge in [-0.25, -0.2) is 4.98 Å². The van der Waals surface area contributed by atoms with E-state index in [9.17, 15) is 14.4 Å². The van der Waals surface area contributed by atoms with E-state index in [1.165, 1.54) is 62.4 Å². The molecule has 1 unspecified atom stereocenters. The highest BCUT2D eigenvalue weighted by Crippen LogP contribution is 2.55. The van der Waals surface area contributed by atoms with Crippen LogP contribution in [-0.4, -0.2) is 40.0 Å². The fourth-order valence-electron chi connectivity index (χ4n) is 8.48. The summed E-state index contributed by atoms with van der Waals surface area (Å²) in [7, 11) is 0. The van der Waals surface area contributed by atoms with Crippen LogP contribution < -0.4 is 21.5 Å². The van der Waals surface area contributed by atoms with Gasteiger partial charge in [-0.2, -0.15) is 0 Å². The monoisotopic (exact) mass is 533 g/mol. The van der Waals surface area contributed by atoms with E-state index in [1.54, 1.807) is 6.92 Å². The third-order valence-corrected chi connectivity index (χ3v) is 9.84. The minimum Gasteiger partial charge on any atom is -0.384 e. The molecule has 4 saturated carbocycles. The highest BCUT2D eigenvalue weighted by Gasteiger charge is 2.50. The molecule has 1 aromatic carbocycles. The number of unbranched alkanes of at least 4 members (excludes halogenated alkanes) is 4. The van der Waals surface area contributed by atoms with Crippen LogP contribution in [-0.2, 0) is 9.59 Å². The number of carbonyl (C=O) groups excluding carboxylic acids is 2. The molecule has 5 fully saturated rings. The Bertz CT molecular complexity index is 1270. The number of fused-ring (bicyclic) bond motifs is 1. The minimum absolute atomic E-state index is 0.221. The lowest BCUT2D eigenvalue weighted by Crippen LogP contribution is -2.58. The summed E-state index contributed by atoms with van der Waals surface area (Å²) >= 11 is 0. The maximum atomic E-state index is 13.5. The zero-order valence-corrected chi connectivity index (χ0v) is 23.3. The van der Waals surface area contributed by atoms with Gasteiger partial charge < -0.3 is 10.6 Å². The van der Waals surface area contributed by atoms with Crippen molar-refractivity contribution in [1.82, 2.24) is 20.2 Å². The Balaban J connectivity index is 0.973. The van der Waals surface area contributed by atoms with Gasteiger partial charge in [-0.1, -0.05) is 25.3 Å². The molecule has 7 rings (SSSR count). The SMILES string of the molecule is Cc1nc2cccc(NCCCCCCCNC34CC5CC(CC(C5)C3)C4)c2c(=O)n1C1CCC(=O)NC1=O. The zero-order valence-electron chi connectivity index (χ0n) is 23.3. The van der Waals surface area contributed by atoms with E-state index < -0.39 is 11.9 Å². The molecular weight excluding hydrogens is 490 g/mol. The summed E-state index contributed by atoms with van der Waals surface area (Å²) in [5, 5.41) is 10.3. The second-order valence-electron chi connectivity index (χ2n) is 12.8. The molecular formula is C31H43N5O3. The quantitative estimate of drug-likeness (QED) is 0.288. The van der Waals surface area contributed by atoms with E-state index in [4.69, 9.17) is 0 Å². The molecule has 8 nitrogen and oxygen atoms in total. The van der Waals surface area contributed by atoms with Crippen molar-refractivity contribution in [2.24, 2.45) is 17.8 Å². The fourth-order valence-corrected chi connectivity index (χ4v) is 8.48. The van der Waals surface area contributed by atoms with Crippen molar-refractivity contribution in [1.29, 1.82) is 0 Å². The Morgan fingerprint density at radius 3 is 2.31 bits per heavy atom. The van der Waals surface area contributed by atoms with E-state index in [2.05, 4.69) is 20.9 Å². The number of aryl methyl sites for hydroxylation is 1. The smallest absolute Gasteiger partial charge is 0.264 e. The Labute approximate surface area is 230 Å². The van der Waals surface area contributed by atoms with Crippen LogP contribution in [0.3, 0.4) is 0 Å². The number of rotatable bonds is 11. The van der Waals surface area contributed by atoms with Crippen molar-refractivity contribution in [3.05, 3.63) is 34.4 Å². The molecule has 1 aliphatic heterocycles. The lowest BCUT2D eigenvalue weighted by molar-refractivity contribution is -0.135. The van der Waals surface area contributed by atoms with Crippen molar-refractivity contribution in [2.45, 2.75) is 102 Å². The first kappa shape index (κ1) is 26.5. The summed E-state index contributed by atoms with van der Waals surface area (Å²) in [5.74, 6) is 2.75. The summed E-state index contributed by atoms with van der Waals surface area (Å²) in [6.07, 6.45) is 15.2. The number of carbonyl (C=O) groups is 2. The molecule has 3 N–H and O–H groups in total. The number of anilines is 1. The molecule has 0 spiro atoms. The number of aromatic nitrogens is 2. The number of imide groups is 1. The maximum Gasteiger partial charge on any atom is 0.264 e. The molecule has 8 heteroatoms. The molecule has 5 aliphatic rings. The highest BCUT2D eigenvalue weighted by molar-refractivity contribution is 5.99. The summed E-state index contributed by atoms with van der Waals surface area (Å²) in [4.78, 5) is 42.2. The molecule has 2 heterocycles. The van der Waals surface area contributed by atoms with Gasteiger partial charge in [-0.15, -0.1) is 0 Å². The number of nitrogens with one attached hydrogen (secondary N) is 3. The minimum atomic E-state index is -0.711. The van der Waals surface area contributed by atoms with E-state index in [-0.39, 0.29) is 17.9 Å². The standard InChI is InChI=1S/C31H43N5O3/c1-20-34-25-9-7-8-24(28(25)30(39)36(20)26-10-11-27(37)35-29(26)38)32-12-5-3-2-4-6-13-33-31-17-21-14-22(18-31)16-23(15-21)19-31/h7-9,21-23,26,32-33H,2-6,10-19H2,1H3,(H,35,37,38). The highest BCUT2D eigenvalue weighted by atomic mass is 16.2. The molecule has 1 saturated heterocycles. The van der Waals surface area contributed by atoms with Crippen molar-refractivity contribution in [3.63, 3.8) is 0 Å². The second kappa shape index (κ2) is 11.0. The van der Waals surface area contributed by atoms with Gasteiger partial charge in [0.15, 0.2) is 0 Å². The summed E-state index contributed by atoms with van der Waals surface area (Å²) in [6.45, 7) is 3.69. The van der Waals surface area contributed by atoms with Gasteiger partial charge in [0, 0.05) is 24.2 Å². The van der Waals surface area contributed by atoms with Crippen molar-refractivity contribution < 1.29 is 9.59 Å². The van der Waals surface area contributed by atoms with E-state index >= 15 is 0 Å². The Morgan fingerprint density at radius 1 is 0.949 bits per heavy atom. The first-order chi connectivity index (χ1) is 18.9. The second-order valence-corrected chi connectivity index (χ2v) is 12.8. The normalized spacial score (nSPS) is 29.7. The number of benzene rings is 1. The Morgan fingerprint density at radius 2 is 1.62 bits per heavy atom. The van der Waals surface area contributed by atoms with Crippen LogP contribution in [0.1, 0.15) is 95.3 Å². The predicted octanol–water partition coefficient (Wildman–Crippen LogP) is 4.60. The van der Waals surface area contributed by atoms with Gasteiger partial charge in [0.1, 0.15) is 11.9 Å². The number of hydrogen-bond donors (Lipinski definition) is 3. The average molecular weight is 534 g/mol. The molecule has 2 amide bonds. The van der Waals surface area contributed by atoms with E-state index in [0.717, 1.165) is 49.4 Å². The van der Waals surface area contributed by atoms with Gasteiger partial charge in [-0.3, -0.25) is 24.3 Å². The van der Waals surface area contributed by atoms with Crippen LogP contribution in [0.25, 0.3) is 10.9 Å². The molecule has 0 radical (unpaired) electrons. The molecule has 4 bridgehead atoms. The third-order valence-electron chi connectivity index (χ3n) is 9.84. The van der Waals surface area contributed by atoms with Gasteiger partial charge >= 0.3 is 0 Å². The Hall–Kier alpha value is -2.74. The predicted molar refractivity (Wildman–Crippen MR) is 153 cm³/mol. The fraction of sp³-hybridized carbons (Fsp3) is 0.677. The van der Waals surface area contributed by atoms with E-state index in [0.29, 0.717) is 28.7 Å².